The molecule has 6 heterocycles. The first-order valence-corrected chi connectivity index (χ1v) is 13.0. The number of ether oxygens (including phenoxy) is 1. The molecule has 1 fully saturated rings. The molecule has 1 aliphatic rings. The van der Waals surface area contributed by atoms with Gasteiger partial charge in [0.25, 0.3) is 11.5 Å². The van der Waals surface area contributed by atoms with Crippen LogP contribution in [0.1, 0.15) is 18.2 Å². The van der Waals surface area contributed by atoms with E-state index in [4.69, 9.17) is 4.74 Å². The van der Waals surface area contributed by atoms with Crippen LogP contribution in [0.2, 0.25) is 0 Å². The molecule has 1 saturated heterocycles. The number of hydrogen-bond acceptors (Lipinski definition) is 9. The van der Waals surface area contributed by atoms with Crippen molar-refractivity contribution in [3.05, 3.63) is 46.8 Å². The van der Waals surface area contributed by atoms with Crippen molar-refractivity contribution in [2.24, 2.45) is 0 Å². The van der Waals surface area contributed by atoms with E-state index in [0.29, 0.717) is 65.1 Å². The number of aromatic amines is 1. The fourth-order valence-electron chi connectivity index (χ4n) is 4.72. The van der Waals surface area contributed by atoms with E-state index in [2.05, 4.69) is 25.5 Å². The molecule has 38 heavy (non-hydrogen) atoms. The summed E-state index contributed by atoms with van der Waals surface area (Å²) < 4.78 is 35.3. The molecule has 0 bridgehead atoms. The SMILES string of the molecule is COCCn1cc(-c2cn3nc4c5ncc(C(O)NCCN6CCC(F)(F)C6)cc5[nH]c(=O)c4c3s2)cn1. The number of thiazole rings is 1. The second-order valence-electron chi connectivity index (χ2n) is 9.41. The van der Waals surface area contributed by atoms with Gasteiger partial charge in [-0.25, -0.2) is 13.3 Å². The molecular formula is C24H26F2N8O3S. The molecule has 0 saturated carbocycles. The zero-order valence-electron chi connectivity index (χ0n) is 20.5. The van der Waals surface area contributed by atoms with E-state index < -0.39 is 12.2 Å². The Balaban J connectivity index is 1.23. The van der Waals surface area contributed by atoms with Crippen LogP contribution in [-0.4, -0.2) is 85.2 Å². The van der Waals surface area contributed by atoms with E-state index in [-0.39, 0.29) is 18.5 Å². The topological polar surface area (TPSA) is 126 Å². The summed E-state index contributed by atoms with van der Waals surface area (Å²) in [5.74, 6) is -2.64. The predicted octanol–water partition coefficient (Wildman–Crippen LogP) is 2.22. The summed E-state index contributed by atoms with van der Waals surface area (Å²) in [5.41, 5.74) is 2.51. The number of nitrogens with one attached hydrogen (secondary N) is 2. The standard InChI is InChI=1S/C24H26F2N8O3S/c1-37-7-6-33-11-15(10-29-33)17-12-34-23(38-17)18-20(31-34)19-16(30-22(18)36)8-14(9-28-19)21(35)27-3-5-32-4-2-24(25,26)13-32/h8-12,21,27,35H,2-7,13H2,1H3,(H,30,36). The van der Waals surface area contributed by atoms with Crippen LogP contribution in [0.4, 0.5) is 8.78 Å². The molecule has 200 valence electrons. The van der Waals surface area contributed by atoms with Gasteiger partial charge in [0.1, 0.15) is 27.5 Å². The van der Waals surface area contributed by atoms with E-state index >= 15 is 0 Å². The second kappa shape index (κ2) is 9.78. The van der Waals surface area contributed by atoms with Crippen LogP contribution >= 0.6 is 11.3 Å². The first kappa shape index (κ1) is 25.0. The van der Waals surface area contributed by atoms with Crippen molar-refractivity contribution in [1.29, 1.82) is 0 Å². The van der Waals surface area contributed by atoms with Crippen LogP contribution in [-0.2, 0) is 11.3 Å². The van der Waals surface area contributed by atoms with Gasteiger partial charge in [0, 0.05) is 62.9 Å². The average molecular weight is 545 g/mol. The van der Waals surface area contributed by atoms with Crippen molar-refractivity contribution in [2.75, 3.05) is 39.9 Å². The van der Waals surface area contributed by atoms with Crippen molar-refractivity contribution in [3.63, 3.8) is 0 Å². The third kappa shape index (κ3) is 4.69. The number of nitrogens with zero attached hydrogens (tertiary/aromatic N) is 6. The molecule has 0 radical (unpaired) electrons. The van der Waals surface area contributed by atoms with Crippen molar-refractivity contribution < 1.29 is 18.6 Å². The number of alkyl halides is 2. The lowest BCUT2D eigenvalue weighted by atomic mass is 10.2. The summed E-state index contributed by atoms with van der Waals surface area (Å²) in [4.78, 5) is 23.7. The van der Waals surface area contributed by atoms with E-state index in [1.807, 2.05) is 12.4 Å². The van der Waals surface area contributed by atoms with Crippen LogP contribution in [0.15, 0.2) is 35.6 Å². The summed E-state index contributed by atoms with van der Waals surface area (Å²) >= 11 is 1.44. The van der Waals surface area contributed by atoms with E-state index in [1.165, 1.54) is 17.5 Å². The largest absolute Gasteiger partial charge is 0.383 e. The van der Waals surface area contributed by atoms with E-state index in [0.717, 1.165) is 10.4 Å². The number of hydrogen-bond donors (Lipinski definition) is 3. The monoisotopic (exact) mass is 544 g/mol. The molecule has 0 spiro atoms. The highest BCUT2D eigenvalue weighted by Gasteiger charge is 2.37. The Labute approximate surface area is 218 Å². The van der Waals surface area contributed by atoms with Crippen molar-refractivity contribution in [1.82, 2.24) is 39.6 Å². The molecule has 5 aromatic heterocycles. The molecule has 1 unspecified atom stereocenters. The van der Waals surface area contributed by atoms with Gasteiger partial charge in [0.05, 0.1) is 36.3 Å². The number of pyridine rings is 2. The van der Waals surface area contributed by atoms with Gasteiger partial charge in [-0.1, -0.05) is 0 Å². The molecule has 0 aliphatic carbocycles. The van der Waals surface area contributed by atoms with Gasteiger partial charge in [-0.3, -0.25) is 24.7 Å². The van der Waals surface area contributed by atoms with Gasteiger partial charge in [0.2, 0.25) is 0 Å². The number of likely N-dealkylation sites (tertiary alicyclic amines) is 1. The minimum Gasteiger partial charge on any atom is -0.383 e. The Morgan fingerprint density at radius 3 is 2.95 bits per heavy atom. The predicted molar refractivity (Wildman–Crippen MR) is 139 cm³/mol. The molecule has 5 aromatic rings. The smallest absolute Gasteiger partial charge is 0.261 e. The summed E-state index contributed by atoms with van der Waals surface area (Å²) in [6.45, 7) is 2.00. The van der Waals surface area contributed by atoms with E-state index in [1.54, 1.807) is 33.5 Å². The van der Waals surface area contributed by atoms with Gasteiger partial charge in [-0.05, 0) is 6.07 Å². The van der Waals surface area contributed by atoms with Crippen LogP contribution in [0, 0.1) is 0 Å². The lowest BCUT2D eigenvalue weighted by molar-refractivity contribution is 0.0120. The van der Waals surface area contributed by atoms with Gasteiger partial charge >= 0.3 is 0 Å². The minimum atomic E-state index is -2.64. The van der Waals surface area contributed by atoms with Gasteiger partial charge in [-0.2, -0.15) is 10.2 Å². The Hall–Kier alpha value is -3.30. The minimum absolute atomic E-state index is 0.140. The number of aromatic nitrogens is 6. The number of halogens is 2. The number of methoxy groups -OCH3 is 1. The lowest BCUT2D eigenvalue weighted by Crippen LogP contribution is -2.34. The van der Waals surface area contributed by atoms with Crippen LogP contribution in [0.25, 0.3) is 37.2 Å². The van der Waals surface area contributed by atoms with Crippen LogP contribution in [0.5, 0.6) is 0 Å². The first-order valence-electron chi connectivity index (χ1n) is 12.2. The first-order chi connectivity index (χ1) is 18.3. The van der Waals surface area contributed by atoms with Crippen molar-refractivity contribution in [2.45, 2.75) is 25.1 Å². The highest BCUT2D eigenvalue weighted by molar-refractivity contribution is 7.21. The highest BCUT2D eigenvalue weighted by Crippen LogP contribution is 2.33. The maximum Gasteiger partial charge on any atom is 0.261 e. The third-order valence-corrected chi connectivity index (χ3v) is 7.84. The zero-order chi connectivity index (χ0) is 26.4. The number of H-pyrrole nitrogens is 1. The van der Waals surface area contributed by atoms with Crippen LogP contribution < -0.4 is 10.9 Å². The van der Waals surface area contributed by atoms with Crippen molar-refractivity contribution >= 4 is 38.1 Å². The summed E-state index contributed by atoms with van der Waals surface area (Å²) in [6, 6.07) is 1.65. The molecule has 0 aromatic carbocycles. The van der Waals surface area contributed by atoms with Gasteiger partial charge < -0.3 is 14.8 Å². The summed E-state index contributed by atoms with van der Waals surface area (Å²) in [5, 5.41) is 22.9. The Kier molecular flexibility index (Phi) is 6.44. The molecule has 6 rings (SSSR count). The summed E-state index contributed by atoms with van der Waals surface area (Å²) in [6.07, 6.45) is 5.88. The van der Waals surface area contributed by atoms with Gasteiger partial charge in [0.15, 0.2) is 0 Å². The number of fused-ring (bicyclic) bond motifs is 5. The van der Waals surface area contributed by atoms with E-state index in [9.17, 15) is 18.7 Å². The Morgan fingerprint density at radius 2 is 2.16 bits per heavy atom. The number of aliphatic hydroxyl groups excluding tert-OH is 1. The molecule has 1 aliphatic heterocycles. The number of aliphatic hydroxyl groups is 1. The maximum atomic E-state index is 13.4. The molecule has 3 N–H and O–H groups in total. The molecular weight excluding hydrogens is 518 g/mol. The molecule has 11 nitrogen and oxygen atoms in total. The van der Waals surface area contributed by atoms with Gasteiger partial charge in [-0.15, -0.1) is 11.3 Å². The average Bonchev–Trinajstić information content (AvgIpc) is 3.65. The third-order valence-electron chi connectivity index (χ3n) is 6.69. The normalized spacial score (nSPS) is 16.8. The molecule has 0 amide bonds. The molecule has 1 atom stereocenters. The summed E-state index contributed by atoms with van der Waals surface area (Å²) in [7, 11) is 1.64. The lowest BCUT2D eigenvalue weighted by Gasteiger charge is -2.18. The zero-order valence-corrected chi connectivity index (χ0v) is 21.3. The fourth-order valence-corrected chi connectivity index (χ4v) is 5.78. The number of rotatable bonds is 9. The fraction of sp³-hybridized carbons (Fsp3) is 0.417. The Bertz CT molecular complexity index is 1680. The molecule has 14 heteroatoms. The highest BCUT2D eigenvalue weighted by atomic mass is 32.1. The Morgan fingerprint density at radius 1 is 1.29 bits per heavy atom. The van der Waals surface area contributed by atoms with Crippen LogP contribution in [0.3, 0.4) is 0 Å². The second-order valence-corrected chi connectivity index (χ2v) is 10.4. The quantitative estimate of drug-likeness (QED) is 0.241. The van der Waals surface area contributed by atoms with Crippen molar-refractivity contribution in [3.8, 4) is 10.4 Å². The maximum absolute atomic E-state index is 13.4.